The molecule has 0 saturated heterocycles. The molecule has 0 rings (SSSR count). The number of nitrogens with zero attached hydrogens (tertiary/aromatic N) is 1. The Morgan fingerprint density at radius 1 is 1.70 bits per heavy atom. The molecule has 0 aliphatic carbocycles. The van der Waals surface area contributed by atoms with Gasteiger partial charge in [-0.05, 0) is 13.3 Å². The summed E-state index contributed by atoms with van der Waals surface area (Å²) in [5.74, 6) is -0.0964. The summed E-state index contributed by atoms with van der Waals surface area (Å²) in [6, 6.07) is 2.11. The SMILES string of the molecule is CCC(C#N)C(C)C(C)=O. The van der Waals surface area contributed by atoms with Gasteiger partial charge in [0.15, 0.2) is 0 Å². The zero-order chi connectivity index (χ0) is 8.15. The molecule has 0 bridgehead atoms. The molecule has 0 spiro atoms. The van der Waals surface area contributed by atoms with Crippen molar-refractivity contribution in [3.8, 4) is 6.07 Å². The molecule has 2 nitrogen and oxygen atoms in total. The molecular weight excluding hydrogens is 126 g/mol. The maximum Gasteiger partial charge on any atom is 0.133 e. The minimum absolute atomic E-state index is 0.0995. The Labute approximate surface area is 61.8 Å². The average molecular weight is 139 g/mol. The summed E-state index contributed by atoms with van der Waals surface area (Å²) in [5.41, 5.74) is 0. The minimum Gasteiger partial charge on any atom is -0.300 e. The van der Waals surface area contributed by atoms with E-state index in [2.05, 4.69) is 6.07 Å². The maximum absolute atomic E-state index is 10.8. The molecule has 0 saturated carbocycles. The van der Waals surface area contributed by atoms with Crippen LogP contribution in [0.25, 0.3) is 0 Å². The van der Waals surface area contributed by atoms with Gasteiger partial charge in [-0.1, -0.05) is 13.8 Å². The predicted molar refractivity (Wildman–Crippen MR) is 39.2 cm³/mol. The van der Waals surface area contributed by atoms with Crippen LogP contribution < -0.4 is 0 Å². The first kappa shape index (κ1) is 9.16. The number of rotatable bonds is 3. The molecule has 0 N–H and O–H groups in total. The molecule has 0 fully saturated rings. The van der Waals surface area contributed by atoms with Crippen molar-refractivity contribution in [1.82, 2.24) is 0 Å². The van der Waals surface area contributed by atoms with E-state index in [1.165, 1.54) is 6.92 Å². The lowest BCUT2D eigenvalue weighted by Crippen LogP contribution is -2.16. The third-order valence-electron chi connectivity index (χ3n) is 1.85. The van der Waals surface area contributed by atoms with Gasteiger partial charge in [-0.25, -0.2) is 0 Å². The molecule has 2 unspecified atom stereocenters. The number of Topliss-reactive ketones (excluding diaryl/α,β-unsaturated/α-hetero) is 1. The lowest BCUT2D eigenvalue weighted by Gasteiger charge is -2.10. The Morgan fingerprint density at radius 3 is 2.30 bits per heavy atom. The number of hydrogen-bond acceptors (Lipinski definition) is 2. The van der Waals surface area contributed by atoms with Crippen molar-refractivity contribution in [2.75, 3.05) is 0 Å². The second-order valence-electron chi connectivity index (χ2n) is 2.54. The molecule has 0 aliphatic rings. The average Bonchev–Trinajstić information content (AvgIpc) is 1.90. The van der Waals surface area contributed by atoms with Crippen LogP contribution in [0.15, 0.2) is 0 Å². The van der Waals surface area contributed by atoms with Crippen LogP contribution in [0, 0.1) is 23.2 Å². The summed E-state index contributed by atoms with van der Waals surface area (Å²) in [5, 5.41) is 8.54. The predicted octanol–water partition coefficient (Wildman–Crippen LogP) is 1.76. The Bertz CT molecular complexity index is 157. The molecule has 0 aromatic rings. The van der Waals surface area contributed by atoms with Gasteiger partial charge in [0.05, 0.1) is 12.0 Å². The van der Waals surface area contributed by atoms with E-state index in [4.69, 9.17) is 5.26 Å². The van der Waals surface area contributed by atoms with Crippen LogP contribution in [0.1, 0.15) is 27.2 Å². The third kappa shape index (κ3) is 2.18. The van der Waals surface area contributed by atoms with Gasteiger partial charge in [-0.15, -0.1) is 0 Å². The molecular formula is C8H13NO. The first-order valence-corrected chi connectivity index (χ1v) is 3.53. The summed E-state index contributed by atoms with van der Waals surface area (Å²) in [7, 11) is 0. The molecule has 56 valence electrons. The van der Waals surface area contributed by atoms with Gasteiger partial charge in [0.2, 0.25) is 0 Å². The first-order valence-electron chi connectivity index (χ1n) is 3.53. The van der Waals surface area contributed by atoms with Gasteiger partial charge in [0, 0.05) is 5.92 Å². The Morgan fingerprint density at radius 2 is 2.20 bits per heavy atom. The Balaban J connectivity index is 4.05. The summed E-state index contributed by atoms with van der Waals surface area (Å²) in [4.78, 5) is 10.8. The molecule has 2 atom stereocenters. The van der Waals surface area contributed by atoms with Crippen LogP contribution in [0.2, 0.25) is 0 Å². The first-order chi connectivity index (χ1) is 4.63. The number of nitriles is 1. The van der Waals surface area contributed by atoms with Gasteiger partial charge >= 0.3 is 0 Å². The van der Waals surface area contributed by atoms with Crippen LogP contribution >= 0.6 is 0 Å². The number of carbonyl (C=O) groups excluding carboxylic acids is 1. The number of carbonyl (C=O) groups is 1. The lowest BCUT2D eigenvalue weighted by molar-refractivity contribution is -0.121. The summed E-state index contributed by atoms with van der Waals surface area (Å²) in [6.45, 7) is 5.26. The van der Waals surface area contributed by atoms with E-state index < -0.39 is 0 Å². The van der Waals surface area contributed by atoms with E-state index in [-0.39, 0.29) is 17.6 Å². The summed E-state index contributed by atoms with van der Waals surface area (Å²) < 4.78 is 0. The van der Waals surface area contributed by atoms with Gasteiger partial charge < -0.3 is 0 Å². The molecule has 0 amide bonds. The van der Waals surface area contributed by atoms with E-state index in [0.29, 0.717) is 0 Å². The van der Waals surface area contributed by atoms with Crippen molar-refractivity contribution in [1.29, 1.82) is 5.26 Å². The molecule has 0 aromatic carbocycles. The topological polar surface area (TPSA) is 40.9 Å². The van der Waals surface area contributed by atoms with Crippen molar-refractivity contribution in [2.24, 2.45) is 11.8 Å². The number of hydrogen-bond donors (Lipinski definition) is 0. The fraction of sp³-hybridized carbons (Fsp3) is 0.750. The monoisotopic (exact) mass is 139 g/mol. The highest BCUT2D eigenvalue weighted by molar-refractivity contribution is 5.78. The zero-order valence-electron chi connectivity index (χ0n) is 6.72. The lowest BCUT2D eigenvalue weighted by atomic mass is 9.90. The fourth-order valence-electron chi connectivity index (χ4n) is 0.840. The third-order valence-corrected chi connectivity index (χ3v) is 1.85. The van der Waals surface area contributed by atoms with Crippen LogP contribution in [0.3, 0.4) is 0 Å². The Kier molecular flexibility index (Phi) is 3.71. The van der Waals surface area contributed by atoms with Crippen molar-refractivity contribution in [3.05, 3.63) is 0 Å². The van der Waals surface area contributed by atoms with Gasteiger partial charge in [-0.3, -0.25) is 4.79 Å². The maximum atomic E-state index is 10.8. The van der Waals surface area contributed by atoms with Crippen molar-refractivity contribution in [2.45, 2.75) is 27.2 Å². The van der Waals surface area contributed by atoms with E-state index in [1.807, 2.05) is 6.92 Å². The minimum atomic E-state index is -0.102. The number of ketones is 1. The molecule has 0 heterocycles. The molecule has 2 heteroatoms. The van der Waals surface area contributed by atoms with Gasteiger partial charge in [0.1, 0.15) is 5.78 Å². The molecule has 0 aromatic heterocycles. The standard InChI is InChI=1S/C8H13NO/c1-4-8(5-9)6(2)7(3)10/h6,8H,4H2,1-3H3. The second-order valence-corrected chi connectivity index (χ2v) is 2.54. The normalized spacial score (nSPS) is 15.4. The second kappa shape index (κ2) is 4.05. The van der Waals surface area contributed by atoms with Crippen molar-refractivity contribution < 1.29 is 4.79 Å². The highest BCUT2D eigenvalue weighted by Gasteiger charge is 2.17. The molecule has 10 heavy (non-hydrogen) atoms. The largest absolute Gasteiger partial charge is 0.300 e. The quantitative estimate of drug-likeness (QED) is 0.597. The van der Waals surface area contributed by atoms with E-state index in [1.54, 1.807) is 6.92 Å². The smallest absolute Gasteiger partial charge is 0.133 e. The van der Waals surface area contributed by atoms with Gasteiger partial charge in [-0.2, -0.15) is 5.26 Å². The van der Waals surface area contributed by atoms with E-state index >= 15 is 0 Å². The fourth-order valence-corrected chi connectivity index (χ4v) is 0.840. The van der Waals surface area contributed by atoms with Crippen LogP contribution in [0.5, 0.6) is 0 Å². The van der Waals surface area contributed by atoms with E-state index in [0.717, 1.165) is 6.42 Å². The van der Waals surface area contributed by atoms with Crippen LogP contribution in [-0.4, -0.2) is 5.78 Å². The highest BCUT2D eigenvalue weighted by atomic mass is 16.1. The molecule has 0 aliphatic heterocycles. The Hall–Kier alpha value is -0.840. The zero-order valence-corrected chi connectivity index (χ0v) is 6.72. The summed E-state index contributed by atoms with van der Waals surface area (Å²) in [6.07, 6.45) is 0.761. The van der Waals surface area contributed by atoms with E-state index in [9.17, 15) is 4.79 Å². The highest BCUT2D eigenvalue weighted by Crippen LogP contribution is 2.14. The van der Waals surface area contributed by atoms with Crippen molar-refractivity contribution in [3.63, 3.8) is 0 Å². The summed E-state index contributed by atoms with van der Waals surface area (Å²) >= 11 is 0. The van der Waals surface area contributed by atoms with Crippen LogP contribution in [0.4, 0.5) is 0 Å². The molecule has 0 radical (unpaired) electrons. The van der Waals surface area contributed by atoms with Crippen molar-refractivity contribution >= 4 is 5.78 Å². The van der Waals surface area contributed by atoms with Gasteiger partial charge in [0.25, 0.3) is 0 Å². The van der Waals surface area contributed by atoms with Crippen LogP contribution in [-0.2, 0) is 4.79 Å².